The second-order valence-electron chi connectivity index (χ2n) is 4.28. The highest BCUT2D eigenvalue weighted by Gasteiger charge is 2.18. The molecule has 0 radical (unpaired) electrons. The molecule has 92 valence electrons. The van der Waals surface area contributed by atoms with Crippen molar-refractivity contribution in [2.45, 2.75) is 11.1 Å². The Kier molecular flexibility index (Phi) is 2.99. The monoisotopic (exact) mass is 257 g/mol. The molecule has 0 saturated carbocycles. The summed E-state index contributed by atoms with van der Waals surface area (Å²) in [5, 5.41) is 0. The normalized spacial score (nSPS) is 17.3. The Morgan fingerprint density at radius 2 is 1.94 bits per heavy atom. The summed E-state index contributed by atoms with van der Waals surface area (Å²) < 4.78 is 0. The number of nitrogens with one attached hydrogen (secondary N) is 2. The first-order valence-electron chi connectivity index (χ1n) is 5.83. The van der Waals surface area contributed by atoms with E-state index in [-0.39, 0.29) is 6.17 Å². The molecule has 0 aromatic heterocycles. The highest BCUT2D eigenvalue weighted by Crippen LogP contribution is 2.31. The molecule has 1 heterocycles. The zero-order chi connectivity index (χ0) is 12.5. The van der Waals surface area contributed by atoms with Crippen LogP contribution in [0.3, 0.4) is 0 Å². The van der Waals surface area contributed by atoms with Crippen LogP contribution in [0.25, 0.3) is 11.1 Å². The lowest BCUT2D eigenvalue weighted by molar-refractivity contribution is 0.655. The van der Waals surface area contributed by atoms with Crippen molar-refractivity contribution in [2.24, 2.45) is 5.73 Å². The minimum Gasteiger partial charge on any atom is -0.319 e. The number of hydrogen-bond donors (Lipinski definition) is 3. The van der Waals surface area contributed by atoms with E-state index in [1.807, 2.05) is 0 Å². The van der Waals surface area contributed by atoms with E-state index in [1.54, 1.807) is 11.8 Å². The first-order chi connectivity index (χ1) is 8.78. The Labute approximate surface area is 111 Å². The molecule has 1 aliphatic heterocycles. The number of hydrogen-bond acceptors (Lipinski definition) is 4. The lowest BCUT2D eigenvalue weighted by Crippen LogP contribution is -2.25. The Hall–Kier alpha value is -1.49. The molecule has 0 aliphatic carbocycles. The lowest BCUT2D eigenvalue weighted by atomic mass is 10.0. The summed E-state index contributed by atoms with van der Waals surface area (Å²) in [6.45, 7) is 0. The van der Waals surface area contributed by atoms with Crippen LogP contribution in [0.2, 0.25) is 0 Å². The van der Waals surface area contributed by atoms with Crippen LogP contribution in [-0.4, -0.2) is 6.26 Å². The lowest BCUT2D eigenvalue weighted by Gasteiger charge is -2.07. The Bertz CT molecular complexity index is 583. The summed E-state index contributed by atoms with van der Waals surface area (Å²) in [4.78, 5) is 1.27. The van der Waals surface area contributed by atoms with Crippen molar-refractivity contribution >= 4 is 17.4 Å². The highest BCUT2D eigenvalue weighted by atomic mass is 32.2. The third-order valence-electron chi connectivity index (χ3n) is 3.15. The van der Waals surface area contributed by atoms with Crippen molar-refractivity contribution in [2.75, 3.05) is 11.7 Å². The summed E-state index contributed by atoms with van der Waals surface area (Å²) in [5.74, 6) is 0. The van der Waals surface area contributed by atoms with E-state index in [0.717, 1.165) is 11.3 Å². The average Bonchev–Trinajstić information content (AvgIpc) is 2.80. The van der Waals surface area contributed by atoms with Gasteiger partial charge in [0.05, 0.1) is 5.69 Å². The zero-order valence-electron chi connectivity index (χ0n) is 10.1. The quantitative estimate of drug-likeness (QED) is 0.724. The smallest absolute Gasteiger partial charge is 0.100 e. The molecule has 0 spiro atoms. The molecule has 4 heteroatoms. The molecule has 1 unspecified atom stereocenters. The van der Waals surface area contributed by atoms with Crippen molar-refractivity contribution < 1.29 is 0 Å². The van der Waals surface area contributed by atoms with Gasteiger partial charge in [0.25, 0.3) is 0 Å². The third-order valence-corrected chi connectivity index (χ3v) is 3.88. The number of thioether (sulfide) groups is 1. The van der Waals surface area contributed by atoms with Crippen LogP contribution in [-0.2, 0) is 0 Å². The number of fused-ring (bicyclic) bond motifs is 1. The van der Waals surface area contributed by atoms with E-state index in [0.29, 0.717) is 0 Å². The Morgan fingerprint density at radius 3 is 2.78 bits per heavy atom. The molecule has 1 atom stereocenters. The van der Waals surface area contributed by atoms with Gasteiger partial charge in [0, 0.05) is 10.5 Å². The van der Waals surface area contributed by atoms with Gasteiger partial charge >= 0.3 is 0 Å². The number of anilines is 1. The molecular weight excluding hydrogens is 242 g/mol. The van der Waals surface area contributed by atoms with Crippen LogP contribution < -0.4 is 16.6 Å². The standard InChI is InChI=1S/C14H15N3S/c1-18-11-4-2-3-9(7-11)10-5-6-13-12(8-10)14(15)17-16-13/h2-8,14,16-17H,15H2,1H3. The van der Waals surface area contributed by atoms with E-state index in [1.165, 1.54) is 16.0 Å². The van der Waals surface area contributed by atoms with Crippen LogP contribution in [0.4, 0.5) is 5.69 Å². The van der Waals surface area contributed by atoms with Gasteiger partial charge in [-0.25, -0.2) is 5.43 Å². The maximum Gasteiger partial charge on any atom is 0.100 e. The first-order valence-corrected chi connectivity index (χ1v) is 7.06. The van der Waals surface area contributed by atoms with Gasteiger partial charge in [0.1, 0.15) is 6.17 Å². The molecule has 3 nitrogen and oxygen atoms in total. The van der Waals surface area contributed by atoms with Gasteiger partial charge < -0.3 is 11.2 Å². The average molecular weight is 257 g/mol. The third kappa shape index (κ3) is 1.99. The molecule has 0 saturated heterocycles. The van der Waals surface area contributed by atoms with Crippen molar-refractivity contribution in [1.82, 2.24) is 5.43 Å². The topological polar surface area (TPSA) is 50.1 Å². The molecule has 3 rings (SSSR count). The Morgan fingerprint density at radius 1 is 1.11 bits per heavy atom. The van der Waals surface area contributed by atoms with E-state index < -0.39 is 0 Å². The van der Waals surface area contributed by atoms with Gasteiger partial charge in [-0.15, -0.1) is 11.8 Å². The molecule has 4 N–H and O–H groups in total. The molecule has 0 amide bonds. The van der Waals surface area contributed by atoms with E-state index >= 15 is 0 Å². The van der Waals surface area contributed by atoms with Gasteiger partial charge in [0.2, 0.25) is 0 Å². The Balaban J connectivity index is 2.04. The summed E-state index contributed by atoms with van der Waals surface area (Å²) in [5.41, 5.74) is 16.7. The zero-order valence-corrected chi connectivity index (χ0v) is 10.9. The van der Waals surface area contributed by atoms with Crippen LogP contribution in [0.15, 0.2) is 47.4 Å². The summed E-state index contributed by atoms with van der Waals surface area (Å²) in [7, 11) is 0. The second-order valence-corrected chi connectivity index (χ2v) is 5.16. The largest absolute Gasteiger partial charge is 0.319 e. The van der Waals surface area contributed by atoms with Crippen molar-refractivity contribution in [3.05, 3.63) is 48.0 Å². The minimum absolute atomic E-state index is 0.135. The summed E-state index contributed by atoms with van der Waals surface area (Å²) >= 11 is 1.75. The van der Waals surface area contributed by atoms with Crippen LogP contribution in [0.5, 0.6) is 0 Å². The van der Waals surface area contributed by atoms with E-state index in [4.69, 9.17) is 5.73 Å². The van der Waals surface area contributed by atoms with Gasteiger partial charge in [-0.1, -0.05) is 18.2 Å². The summed E-state index contributed by atoms with van der Waals surface area (Å²) in [6, 6.07) is 14.9. The van der Waals surface area contributed by atoms with Crippen molar-refractivity contribution in [3.8, 4) is 11.1 Å². The summed E-state index contributed by atoms with van der Waals surface area (Å²) in [6.07, 6.45) is 1.95. The fourth-order valence-corrected chi connectivity index (χ4v) is 2.61. The molecule has 0 bridgehead atoms. The predicted octanol–water partition coefficient (Wildman–Crippen LogP) is 2.96. The molecule has 2 aromatic carbocycles. The van der Waals surface area contributed by atoms with E-state index in [2.05, 4.69) is 59.6 Å². The molecule has 1 aliphatic rings. The van der Waals surface area contributed by atoms with Gasteiger partial charge in [-0.3, -0.25) is 0 Å². The number of benzene rings is 2. The van der Waals surface area contributed by atoms with Crippen molar-refractivity contribution in [1.29, 1.82) is 0 Å². The number of hydrazine groups is 1. The number of rotatable bonds is 2. The van der Waals surface area contributed by atoms with Gasteiger partial charge in [-0.2, -0.15) is 0 Å². The maximum atomic E-state index is 5.97. The van der Waals surface area contributed by atoms with Crippen LogP contribution in [0.1, 0.15) is 11.7 Å². The second kappa shape index (κ2) is 4.65. The maximum absolute atomic E-state index is 5.97. The fraction of sp³-hybridized carbons (Fsp3) is 0.143. The molecule has 2 aromatic rings. The van der Waals surface area contributed by atoms with Crippen LogP contribution in [0, 0.1) is 0 Å². The highest BCUT2D eigenvalue weighted by molar-refractivity contribution is 7.98. The fourth-order valence-electron chi connectivity index (χ4n) is 2.15. The van der Waals surface area contributed by atoms with E-state index in [9.17, 15) is 0 Å². The SMILES string of the molecule is CSc1cccc(-c2ccc3c(c2)C(N)NN3)c1. The van der Waals surface area contributed by atoms with Crippen molar-refractivity contribution in [3.63, 3.8) is 0 Å². The molecule has 18 heavy (non-hydrogen) atoms. The molecular formula is C14H15N3S. The van der Waals surface area contributed by atoms with Crippen LogP contribution >= 0.6 is 11.8 Å². The predicted molar refractivity (Wildman–Crippen MR) is 77.3 cm³/mol. The number of nitrogens with two attached hydrogens (primary N) is 1. The molecule has 0 fully saturated rings. The minimum atomic E-state index is -0.135. The first kappa shape index (κ1) is 11.6. The van der Waals surface area contributed by atoms with Gasteiger partial charge in [-0.05, 0) is 41.6 Å². The van der Waals surface area contributed by atoms with Gasteiger partial charge in [0.15, 0.2) is 0 Å².